The summed E-state index contributed by atoms with van der Waals surface area (Å²) < 4.78 is 14.6. The number of hydrogen-bond donors (Lipinski definition) is 0. The summed E-state index contributed by atoms with van der Waals surface area (Å²) in [4.78, 5) is 36.4. The van der Waals surface area contributed by atoms with Gasteiger partial charge in [-0.3, -0.25) is 14.4 Å². The lowest BCUT2D eigenvalue weighted by atomic mass is 9.69. The van der Waals surface area contributed by atoms with Gasteiger partial charge in [0, 0.05) is 12.3 Å². The van der Waals surface area contributed by atoms with Crippen LogP contribution in [0.5, 0.6) is 0 Å². The van der Waals surface area contributed by atoms with E-state index in [4.69, 9.17) is 14.2 Å². The molecule has 1 aliphatic rings. The molecule has 1 aromatic rings. The molecule has 2 rings (SSSR count). The van der Waals surface area contributed by atoms with Gasteiger partial charge in [0.05, 0.1) is 27.2 Å². The Hall–Kier alpha value is -2.37. The first-order chi connectivity index (χ1) is 10.6. The predicted molar refractivity (Wildman–Crippen MR) is 75.8 cm³/mol. The predicted octanol–water partition coefficient (Wildman–Crippen LogP) is 1.44. The molecule has 0 aromatic heterocycles. The molecule has 6 heteroatoms. The number of methoxy groups -OCH3 is 2. The number of ether oxygens (including phenoxy) is 3. The van der Waals surface area contributed by atoms with Crippen LogP contribution in [0.25, 0.3) is 0 Å². The molecule has 1 heterocycles. The van der Waals surface area contributed by atoms with Crippen molar-refractivity contribution in [2.24, 2.45) is 5.41 Å². The highest BCUT2D eigenvalue weighted by atomic mass is 16.6. The fraction of sp³-hybridized carbons (Fsp3) is 0.438. The molecule has 1 aromatic carbocycles. The van der Waals surface area contributed by atoms with Gasteiger partial charge in [-0.2, -0.15) is 0 Å². The van der Waals surface area contributed by atoms with Crippen molar-refractivity contribution in [3.63, 3.8) is 0 Å². The molecule has 1 aliphatic heterocycles. The molecule has 0 amide bonds. The zero-order valence-corrected chi connectivity index (χ0v) is 12.5. The van der Waals surface area contributed by atoms with E-state index in [1.165, 1.54) is 14.2 Å². The maximum Gasteiger partial charge on any atom is 0.324 e. The van der Waals surface area contributed by atoms with E-state index in [1.807, 2.05) is 6.07 Å². The topological polar surface area (TPSA) is 78.9 Å². The van der Waals surface area contributed by atoms with Gasteiger partial charge in [-0.1, -0.05) is 30.3 Å². The molecule has 1 fully saturated rings. The standard InChI is InChI=1S/C16H18O6/c1-20-13(17)10-12(11-6-4-3-5-7-11)16(14(18)21-2)8-9-22-15(16)19/h3-7,12H,8-10H2,1-2H3/t12-,16-/m1/s1. The molecule has 118 valence electrons. The van der Waals surface area contributed by atoms with E-state index in [1.54, 1.807) is 24.3 Å². The summed E-state index contributed by atoms with van der Waals surface area (Å²) in [6.45, 7) is 0.123. The zero-order chi connectivity index (χ0) is 16.2. The molecule has 0 unspecified atom stereocenters. The third-order valence-electron chi connectivity index (χ3n) is 4.04. The van der Waals surface area contributed by atoms with Crippen LogP contribution in [0.4, 0.5) is 0 Å². The fourth-order valence-electron chi connectivity index (χ4n) is 2.87. The van der Waals surface area contributed by atoms with Crippen LogP contribution in [-0.2, 0) is 28.6 Å². The first kappa shape index (κ1) is 16.0. The van der Waals surface area contributed by atoms with E-state index in [9.17, 15) is 14.4 Å². The first-order valence-electron chi connectivity index (χ1n) is 6.93. The first-order valence-corrected chi connectivity index (χ1v) is 6.93. The number of cyclic esters (lactones) is 1. The Morgan fingerprint density at radius 2 is 1.91 bits per heavy atom. The lowest BCUT2D eigenvalue weighted by Gasteiger charge is -2.31. The molecule has 0 radical (unpaired) electrons. The van der Waals surface area contributed by atoms with Crippen LogP contribution in [0.15, 0.2) is 30.3 Å². The van der Waals surface area contributed by atoms with Crippen LogP contribution in [0, 0.1) is 5.41 Å². The summed E-state index contributed by atoms with van der Waals surface area (Å²) in [5.41, 5.74) is -0.818. The number of benzene rings is 1. The van der Waals surface area contributed by atoms with Gasteiger partial charge in [0.15, 0.2) is 5.41 Å². The van der Waals surface area contributed by atoms with Crippen LogP contribution >= 0.6 is 0 Å². The molecule has 0 bridgehead atoms. The molecule has 0 aliphatic carbocycles. The van der Waals surface area contributed by atoms with Gasteiger partial charge < -0.3 is 14.2 Å². The molecule has 0 spiro atoms. The number of carbonyl (C=O) groups is 3. The van der Waals surface area contributed by atoms with Crippen molar-refractivity contribution in [3.8, 4) is 0 Å². The highest BCUT2D eigenvalue weighted by Crippen LogP contribution is 2.46. The number of rotatable bonds is 5. The van der Waals surface area contributed by atoms with E-state index < -0.39 is 29.2 Å². The van der Waals surface area contributed by atoms with Gasteiger partial charge in [-0.05, 0) is 5.56 Å². The van der Waals surface area contributed by atoms with Crippen LogP contribution in [0.3, 0.4) is 0 Å². The second-order valence-electron chi connectivity index (χ2n) is 5.09. The molecule has 0 N–H and O–H groups in total. The minimum absolute atomic E-state index is 0.106. The lowest BCUT2D eigenvalue weighted by Crippen LogP contribution is -2.43. The summed E-state index contributed by atoms with van der Waals surface area (Å²) in [5, 5.41) is 0. The molecule has 0 saturated carbocycles. The average Bonchev–Trinajstić information content (AvgIpc) is 2.94. The van der Waals surface area contributed by atoms with Crippen molar-refractivity contribution < 1.29 is 28.6 Å². The number of carbonyl (C=O) groups excluding carboxylic acids is 3. The van der Waals surface area contributed by atoms with Crippen LogP contribution in [0.2, 0.25) is 0 Å². The van der Waals surface area contributed by atoms with E-state index >= 15 is 0 Å². The molecule has 22 heavy (non-hydrogen) atoms. The van der Waals surface area contributed by atoms with Gasteiger partial charge in [0.1, 0.15) is 0 Å². The van der Waals surface area contributed by atoms with Gasteiger partial charge in [-0.15, -0.1) is 0 Å². The van der Waals surface area contributed by atoms with Crippen molar-refractivity contribution in [2.45, 2.75) is 18.8 Å². The van der Waals surface area contributed by atoms with Crippen molar-refractivity contribution in [2.75, 3.05) is 20.8 Å². The van der Waals surface area contributed by atoms with Crippen molar-refractivity contribution in [1.82, 2.24) is 0 Å². The Morgan fingerprint density at radius 3 is 2.41 bits per heavy atom. The molecular weight excluding hydrogens is 288 g/mol. The summed E-state index contributed by atoms with van der Waals surface area (Å²) in [5.74, 6) is -2.54. The Labute approximate surface area is 128 Å². The summed E-state index contributed by atoms with van der Waals surface area (Å²) in [6, 6.07) is 8.92. The molecule has 1 saturated heterocycles. The third-order valence-corrected chi connectivity index (χ3v) is 4.04. The Balaban J connectivity index is 2.51. The van der Waals surface area contributed by atoms with E-state index in [-0.39, 0.29) is 19.4 Å². The number of hydrogen-bond acceptors (Lipinski definition) is 6. The Bertz CT molecular complexity index is 567. The lowest BCUT2D eigenvalue weighted by molar-refractivity contribution is -0.165. The zero-order valence-electron chi connectivity index (χ0n) is 12.5. The van der Waals surface area contributed by atoms with Crippen molar-refractivity contribution >= 4 is 17.9 Å². The molecule has 2 atom stereocenters. The molecule has 6 nitrogen and oxygen atoms in total. The average molecular weight is 306 g/mol. The normalized spacial score (nSPS) is 21.8. The van der Waals surface area contributed by atoms with Gasteiger partial charge in [-0.25, -0.2) is 0 Å². The summed E-state index contributed by atoms with van der Waals surface area (Å²) in [6.07, 6.45) is 0.0692. The van der Waals surface area contributed by atoms with Gasteiger partial charge >= 0.3 is 17.9 Å². The maximum atomic E-state index is 12.4. The Kier molecular flexibility index (Phi) is 4.80. The van der Waals surface area contributed by atoms with Gasteiger partial charge in [0.2, 0.25) is 0 Å². The number of esters is 3. The van der Waals surface area contributed by atoms with E-state index in [2.05, 4.69) is 0 Å². The van der Waals surface area contributed by atoms with Crippen molar-refractivity contribution in [3.05, 3.63) is 35.9 Å². The minimum Gasteiger partial charge on any atom is -0.469 e. The van der Waals surface area contributed by atoms with Crippen molar-refractivity contribution in [1.29, 1.82) is 0 Å². The molecular formula is C16H18O6. The third kappa shape index (κ3) is 2.68. The quantitative estimate of drug-likeness (QED) is 0.465. The van der Waals surface area contributed by atoms with Crippen LogP contribution in [-0.4, -0.2) is 38.7 Å². The van der Waals surface area contributed by atoms with Crippen LogP contribution < -0.4 is 0 Å². The van der Waals surface area contributed by atoms with Crippen LogP contribution in [0.1, 0.15) is 24.3 Å². The smallest absolute Gasteiger partial charge is 0.324 e. The second-order valence-corrected chi connectivity index (χ2v) is 5.09. The van der Waals surface area contributed by atoms with Gasteiger partial charge in [0.25, 0.3) is 0 Å². The second kappa shape index (κ2) is 6.60. The summed E-state index contributed by atoms with van der Waals surface area (Å²) in [7, 11) is 2.48. The maximum absolute atomic E-state index is 12.4. The Morgan fingerprint density at radius 1 is 1.23 bits per heavy atom. The van der Waals surface area contributed by atoms with E-state index in [0.29, 0.717) is 5.56 Å². The highest BCUT2D eigenvalue weighted by molar-refractivity contribution is 6.02. The minimum atomic E-state index is -1.51. The largest absolute Gasteiger partial charge is 0.469 e. The van der Waals surface area contributed by atoms with E-state index in [0.717, 1.165) is 0 Å². The fourth-order valence-corrected chi connectivity index (χ4v) is 2.87. The summed E-state index contributed by atoms with van der Waals surface area (Å²) >= 11 is 0. The monoisotopic (exact) mass is 306 g/mol. The SMILES string of the molecule is COC(=O)C[C@H](c1ccccc1)[C@@]1(C(=O)OC)CCOC1=O. The highest BCUT2D eigenvalue weighted by Gasteiger charge is 2.58.